The lowest BCUT2D eigenvalue weighted by Gasteiger charge is -2.12. The van der Waals surface area contributed by atoms with E-state index >= 15 is 0 Å². The Hall–Kier alpha value is -4.11. The number of hydrogen-bond acceptors (Lipinski definition) is 5. The van der Waals surface area contributed by atoms with E-state index in [1.54, 1.807) is 47.3 Å². The standard InChI is InChI=1S/C25H24N4O4S/c1-33-24-9-3-2-8-23(24)28-34(31,32)22-7-4-6-20(18-22)25(30)26-16-14-19-10-12-21(13-11-19)29-17-5-15-27-29/h2-13,15,17-18,28H,14,16H2,1H3,(H,26,30). The number of amides is 1. The molecular formula is C25H24N4O4S. The van der Waals surface area contributed by atoms with Gasteiger partial charge >= 0.3 is 0 Å². The van der Waals surface area contributed by atoms with Crippen LogP contribution < -0.4 is 14.8 Å². The SMILES string of the molecule is COc1ccccc1NS(=O)(=O)c1cccc(C(=O)NCCc2ccc(-n3cccn3)cc2)c1. The van der Waals surface area contributed by atoms with Gasteiger partial charge in [-0.25, -0.2) is 13.1 Å². The highest BCUT2D eigenvalue weighted by atomic mass is 32.2. The number of aromatic nitrogens is 2. The summed E-state index contributed by atoms with van der Waals surface area (Å²) >= 11 is 0. The first-order chi connectivity index (χ1) is 16.5. The highest BCUT2D eigenvalue weighted by Crippen LogP contribution is 2.26. The molecule has 9 heteroatoms. The van der Waals surface area contributed by atoms with E-state index in [9.17, 15) is 13.2 Å². The van der Waals surface area contributed by atoms with Gasteiger partial charge in [0.15, 0.2) is 0 Å². The summed E-state index contributed by atoms with van der Waals surface area (Å²) in [6.45, 7) is 0.413. The molecule has 4 aromatic rings. The summed E-state index contributed by atoms with van der Waals surface area (Å²) in [6.07, 6.45) is 4.23. The molecule has 0 saturated carbocycles. The fraction of sp³-hybridized carbons (Fsp3) is 0.120. The molecule has 0 saturated heterocycles. The van der Waals surface area contributed by atoms with E-state index in [0.717, 1.165) is 11.3 Å². The molecule has 34 heavy (non-hydrogen) atoms. The van der Waals surface area contributed by atoms with Crippen molar-refractivity contribution in [1.29, 1.82) is 0 Å². The summed E-state index contributed by atoms with van der Waals surface area (Å²) in [7, 11) is -2.44. The highest BCUT2D eigenvalue weighted by Gasteiger charge is 2.18. The van der Waals surface area contributed by atoms with E-state index in [-0.39, 0.29) is 16.4 Å². The second-order valence-electron chi connectivity index (χ2n) is 7.46. The average Bonchev–Trinajstić information content (AvgIpc) is 3.40. The molecule has 0 aliphatic heterocycles. The maximum absolute atomic E-state index is 12.9. The molecule has 1 amide bonds. The van der Waals surface area contributed by atoms with Gasteiger partial charge < -0.3 is 10.1 Å². The monoisotopic (exact) mass is 476 g/mol. The number of methoxy groups -OCH3 is 1. The number of carbonyl (C=O) groups is 1. The van der Waals surface area contributed by atoms with Gasteiger partial charge in [0, 0.05) is 24.5 Å². The molecule has 0 bridgehead atoms. The second kappa shape index (κ2) is 10.2. The minimum Gasteiger partial charge on any atom is -0.495 e. The lowest BCUT2D eigenvalue weighted by atomic mass is 10.1. The fourth-order valence-corrected chi connectivity index (χ4v) is 4.51. The Morgan fingerprint density at radius 3 is 2.53 bits per heavy atom. The van der Waals surface area contributed by atoms with Crippen molar-refractivity contribution in [1.82, 2.24) is 15.1 Å². The van der Waals surface area contributed by atoms with E-state index < -0.39 is 10.0 Å². The number of rotatable bonds is 9. The van der Waals surface area contributed by atoms with Gasteiger partial charge in [-0.15, -0.1) is 0 Å². The molecule has 1 heterocycles. The summed E-state index contributed by atoms with van der Waals surface area (Å²) < 4.78 is 35.2. The van der Waals surface area contributed by atoms with Crippen molar-refractivity contribution in [3.8, 4) is 11.4 Å². The van der Waals surface area contributed by atoms with Gasteiger partial charge in [-0.05, 0) is 60.5 Å². The van der Waals surface area contributed by atoms with Crippen molar-refractivity contribution < 1.29 is 17.9 Å². The van der Waals surface area contributed by atoms with E-state index in [0.29, 0.717) is 24.4 Å². The van der Waals surface area contributed by atoms with Crippen LogP contribution in [0.5, 0.6) is 5.75 Å². The first-order valence-corrected chi connectivity index (χ1v) is 12.1. The zero-order chi connectivity index (χ0) is 24.0. The summed E-state index contributed by atoms with van der Waals surface area (Å²) in [5.74, 6) is 0.0557. The Morgan fingerprint density at radius 2 is 1.79 bits per heavy atom. The van der Waals surface area contributed by atoms with Crippen molar-refractivity contribution in [2.75, 3.05) is 18.4 Å². The van der Waals surface area contributed by atoms with E-state index in [2.05, 4.69) is 15.1 Å². The van der Waals surface area contributed by atoms with Crippen LogP contribution in [0.15, 0.2) is 96.2 Å². The van der Waals surface area contributed by atoms with Crippen LogP contribution in [0.25, 0.3) is 5.69 Å². The smallest absolute Gasteiger partial charge is 0.262 e. The Balaban J connectivity index is 1.38. The summed E-state index contributed by atoms with van der Waals surface area (Å²) in [5.41, 5.74) is 2.60. The predicted molar refractivity (Wildman–Crippen MR) is 130 cm³/mol. The third-order valence-corrected chi connectivity index (χ3v) is 6.53. The zero-order valence-electron chi connectivity index (χ0n) is 18.5. The quantitative estimate of drug-likeness (QED) is 0.384. The van der Waals surface area contributed by atoms with Crippen LogP contribution >= 0.6 is 0 Å². The van der Waals surface area contributed by atoms with Gasteiger partial charge in [-0.1, -0.05) is 30.3 Å². The van der Waals surface area contributed by atoms with E-state index in [1.165, 1.54) is 19.2 Å². The molecule has 0 aliphatic carbocycles. The molecule has 174 valence electrons. The third kappa shape index (κ3) is 5.44. The van der Waals surface area contributed by atoms with Gasteiger partial charge in [0.2, 0.25) is 0 Å². The summed E-state index contributed by atoms with van der Waals surface area (Å²) in [6, 6.07) is 22.4. The number of para-hydroxylation sites is 2. The molecule has 0 atom stereocenters. The number of carbonyl (C=O) groups excluding carboxylic acids is 1. The number of anilines is 1. The fourth-order valence-electron chi connectivity index (χ4n) is 3.40. The van der Waals surface area contributed by atoms with Gasteiger partial charge in [-0.2, -0.15) is 5.10 Å². The minimum absolute atomic E-state index is 0.0136. The topological polar surface area (TPSA) is 102 Å². The van der Waals surface area contributed by atoms with Crippen LogP contribution in [0.1, 0.15) is 15.9 Å². The molecular weight excluding hydrogens is 452 g/mol. The molecule has 0 spiro atoms. The second-order valence-corrected chi connectivity index (χ2v) is 9.14. The number of nitrogens with zero attached hydrogens (tertiary/aromatic N) is 2. The first kappa shape index (κ1) is 23.1. The van der Waals surface area contributed by atoms with Gasteiger partial charge in [0.05, 0.1) is 23.4 Å². The van der Waals surface area contributed by atoms with Crippen LogP contribution in [-0.2, 0) is 16.4 Å². The van der Waals surface area contributed by atoms with Crippen LogP contribution in [0, 0.1) is 0 Å². The lowest BCUT2D eigenvalue weighted by Crippen LogP contribution is -2.26. The van der Waals surface area contributed by atoms with Crippen molar-refractivity contribution in [2.45, 2.75) is 11.3 Å². The van der Waals surface area contributed by atoms with Gasteiger partial charge in [-0.3, -0.25) is 9.52 Å². The molecule has 8 nitrogen and oxygen atoms in total. The number of hydrogen-bond donors (Lipinski definition) is 2. The van der Waals surface area contributed by atoms with Crippen LogP contribution in [-0.4, -0.2) is 37.8 Å². The van der Waals surface area contributed by atoms with Crippen molar-refractivity contribution in [3.63, 3.8) is 0 Å². The van der Waals surface area contributed by atoms with Crippen LogP contribution in [0.3, 0.4) is 0 Å². The number of benzene rings is 3. The number of ether oxygens (including phenoxy) is 1. The number of nitrogens with one attached hydrogen (secondary N) is 2. The molecule has 4 rings (SSSR count). The van der Waals surface area contributed by atoms with E-state index in [1.807, 2.05) is 36.5 Å². The highest BCUT2D eigenvalue weighted by molar-refractivity contribution is 7.92. The zero-order valence-corrected chi connectivity index (χ0v) is 19.3. The van der Waals surface area contributed by atoms with Crippen molar-refractivity contribution >= 4 is 21.6 Å². The largest absolute Gasteiger partial charge is 0.495 e. The normalized spacial score (nSPS) is 11.1. The van der Waals surface area contributed by atoms with Crippen molar-refractivity contribution in [2.24, 2.45) is 0 Å². The van der Waals surface area contributed by atoms with E-state index in [4.69, 9.17) is 4.74 Å². The summed E-state index contributed by atoms with van der Waals surface area (Å²) in [4.78, 5) is 12.6. The van der Waals surface area contributed by atoms with Gasteiger partial charge in [0.1, 0.15) is 5.75 Å². The summed E-state index contributed by atoms with van der Waals surface area (Å²) in [5, 5.41) is 7.04. The Kier molecular flexibility index (Phi) is 6.93. The first-order valence-electron chi connectivity index (χ1n) is 10.6. The Labute approximate surface area is 198 Å². The Morgan fingerprint density at radius 1 is 1.00 bits per heavy atom. The molecule has 0 fully saturated rings. The van der Waals surface area contributed by atoms with Crippen molar-refractivity contribution in [3.05, 3.63) is 102 Å². The Bertz CT molecular complexity index is 1370. The van der Waals surface area contributed by atoms with Crippen LogP contribution in [0.2, 0.25) is 0 Å². The molecule has 2 N–H and O–H groups in total. The molecule has 0 aliphatic rings. The molecule has 0 radical (unpaired) electrons. The molecule has 0 unspecified atom stereocenters. The maximum atomic E-state index is 12.9. The number of sulfonamides is 1. The minimum atomic E-state index is -3.91. The van der Waals surface area contributed by atoms with Crippen LogP contribution in [0.4, 0.5) is 5.69 Å². The van der Waals surface area contributed by atoms with Gasteiger partial charge in [0.25, 0.3) is 15.9 Å². The molecule has 1 aromatic heterocycles. The third-order valence-electron chi connectivity index (χ3n) is 5.16. The average molecular weight is 477 g/mol. The molecule has 3 aromatic carbocycles. The maximum Gasteiger partial charge on any atom is 0.262 e. The predicted octanol–water partition coefficient (Wildman–Crippen LogP) is 3.65. The lowest BCUT2D eigenvalue weighted by molar-refractivity contribution is 0.0954.